The quantitative estimate of drug-likeness (QED) is 0.374. The summed E-state index contributed by atoms with van der Waals surface area (Å²) in [6.07, 6.45) is 6.76. The molecule has 2 nitrogen and oxygen atoms in total. The average molecular weight is 107 g/mol. The largest absolute Gasteiger partial charge is 0.244 e. The fourth-order valence-corrected chi connectivity index (χ4v) is 0.507. The van der Waals surface area contributed by atoms with Gasteiger partial charge in [-0.2, -0.15) is 0 Å². The van der Waals surface area contributed by atoms with E-state index in [9.17, 15) is 0 Å². The predicted molar refractivity (Wildman–Crippen MR) is 35.0 cm³/mol. The first-order valence-corrected chi connectivity index (χ1v) is 2.47. The van der Waals surface area contributed by atoms with Gasteiger partial charge in [-0.05, 0) is 0 Å². The Balaban J connectivity index is 2.37. The van der Waals surface area contributed by atoms with Crippen LogP contribution in [-0.2, 0) is 0 Å². The van der Waals surface area contributed by atoms with E-state index in [0.717, 1.165) is 12.6 Å². The van der Waals surface area contributed by atoms with Gasteiger partial charge in [0.1, 0.15) is 0 Å². The summed E-state index contributed by atoms with van der Waals surface area (Å²) in [5.74, 6) is 0. The van der Waals surface area contributed by atoms with Crippen molar-refractivity contribution in [3.63, 3.8) is 0 Å². The Bertz CT molecular complexity index is 123. The molecule has 1 aliphatic heterocycles. The maximum Gasteiger partial charge on any atom is 0.244 e. The minimum absolute atomic E-state index is 0.771. The van der Waals surface area contributed by atoms with Gasteiger partial charge in [0, 0.05) is 0 Å². The van der Waals surface area contributed by atoms with Crippen LogP contribution in [0.1, 0.15) is 6.42 Å². The van der Waals surface area contributed by atoms with Gasteiger partial charge >= 0.3 is 0 Å². The summed E-state index contributed by atoms with van der Waals surface area (Å²) in [5, 5.41) is 0. The molecule has 0 aromatic rings. The van der Waals surface area contributed by atoms with Gasteiger partial charge in [0.25, 0.3) is 0 Å². The number of hydrogen-bond acceptors (Lipinski definition) is 2. The molecular formula is C6H7N2+. The van der Waals surface area contributed by atoms with Crippen LogP contribution in [0.3, 0.4) is 0 Å². The zero-order valence-electron chi connectivity index (χ0n) is 4.54. The highest BCUT2D eigenvalue weighted by molar-refractivity contribution is 6.18. The van der Waals surface area contributed by atoms with E-state index >= 15 is 0 Å². The Morgan fingerprint density at radius 2 is 2.12 bits per heavy atom. The number of rotatable bonds is 2. The van der Waals surface area contributed by atoms with E-state index in [1.807, 2.05) is 0 Å². The normalized spacial score (nSPS) is 15.2. The summed E-state index contributed by atoms with van der Waals surface area (Å²) in [6, 6.07) is 0. The third kappa shape index (κ3) is 0.964. The van der Waals surface area contributed by atoms with E-state index in [1.165, 1.54) is 0 Å². The van der Waals surface area contributed by atoms with Crippen LogP contribution in [0.15, 0.2) is 22.6 Å². The monoisotopic (exact) mass is 107 g/mol. The highest BCUT2D eigenvalue weighted by Gasteiger charge is 2.11. The van der Waals surface area contributed by atoms with Crippen LogP contribution in [-0.4, -0.2) is 12.4 Å². The smallest absolute Gasteiger partial charge is 0.101 e. The molecule has 0 saturated heterocycles. The van der Waals surface area contributed by atoms with Gasteiger partial charge in [0.05, 0.1) is 6.42 Å². The second kappa shape index (κ2) is 2.31. The topological polar surface area (TPSA) is 24.7 Å². The molecule has 0 saturated carbocycles. The molecule has 0 unspecified atom stereocenters. The molecule has 0 bridgehead atoms. The van der Waals surface area contributed by atoms with Crippen molar-refractivity contribution in [3.05, 3.63) is 18.8 Å². The zero-order chi connectivity index (χ0) is 5.82. The van der Waals surface area contributed by atoms with Crippen molar-refractivity contribution in [2.24, 2.45) is 9.98 Å². The summed E-state index contributed by atoms with van der Waals surface area (Å²) in [6.45, 7) is 3.56. The van der Waals surface area contributed by atoms with Crippen molar-refractivity contribution in [1.82, 2.24) is 0 Å². The van der Waals surface area contributed by atoms with E-state index in [2.05, 4.69) is 16.6 Å². The Morgan fingerprint density at radius 1 is 1.50 bits per heavy atom. The third-order valence-corrected chi connectivity index (χ3v) is 0.841. The molecule has 0 aromatic heterocycles. The van der Waals surface area contributed by atoms with Crippen LogP contribution in [0.4, 0.5) is 0 Å². The molecule has 0 fully saturated rings. The summed E-state index contributed by atoms with van der Waals surface area (Å²) in [7, 11) is 0. The lowest BCUT2D eigenvalue weighted by Gasteiger charge is -1.84. The van der Waals surface area contributed by atoms with Gasteiger partial charge in [0.15, 0.2) is 12.4 Å². The Morgan fingerprint density at radius 3 is 2.62 bits per heavy atom. The molecule has 0 N–H and O–H groups in total. The van der Waals surface area contributed by atoms with Crippen molar-refractivity contribution in [2.45, 2.75) is 6.42 Å². The van der Waals surface area contributed by atoms with E-state index in [4.69, 9.17) is 0 Å². The van der Waals surface area contributed by atoms with Gasteiger partial charge in [-0.1, -0.05) is 16.1 Å². The lowest BCUT2D eigenvalue weighted by molar-refractivity contribution is 0.937. The van der Waals surface area contributed by atoms with Crippen molar-refractivity contribution < 1.29 is 0 Å². The van der Waals surface area contributed by atoms with Crippen molar-refractivity contribution in [3.8, 4) is 0 Å². The van der Waals surface area contributed by atoms with Crippen molar-refractivity contribution in [1.29, 1.82) is 0 Å². The molecule has 0 spiro atoms. The molecule has 0 atom stereocenters. The maximum atomic E-state index is 3.92. The number of aliphatic imine (C=N–C) groups is 2. The average Bonchev–Trinajstić information content (AvgIpc) is 2.19. The number of nitrogens with zero attached hydrogens (tertiary/aromatic N) is 2. The highest BCUT2D eigenvalue weighted by atomic mass is 15.0. The zero-order valence-corrected chi connectivity index (χ0v) is 4.54. The van der Waals surface area contributed by atoms with E-state index in [1.54, 1.807) is 18.5 Å². The first-order chi connectivity index (χ1) is 3.93. The Kier molecular flexibility index (Phi) is 1.47. The molecule has 40 valence electrons. The summed E-state index contributed by atoms with van der Waals surface area (Å²) >= 11 is 0. The fraction of sp³-hybridized carbons (Fsp3) is 0.167. The molecule has 1 rings (SSSR count). The minimum atomic E-state index is 0.771. The molecule has 0 amide bonds. The summed E-state index contributed by atoms with van der Waals surface area (Å²) < 4.78 is 0. The van der Waals surface area contributed by atoms with Crippen molar-refractivity contribution >= 4 is 12.4 Å². The van der Waals surface area contributed by atoms with Crippen LogP contribution in [0, 0.1) is 6.17 Å². The van der Waals surface area contributed by atoms with Crippen molar-refractivity contribution in [2.75, 3.05) is 0 Å². The Labute approximate surface area is 48.7 Å². The lowest BCUT2D eigenvalue weighted by atomic mass is 10.4. The molecule has 1 aliphatic rings. The molecular weight excluding hydrogens is 100 g/mol. The molecule has 0 aliphatic carbocycles. The second-order valence-electron chi connectivity index (χ2n) is 1.47. The fourth-order valence-electron chi connectivity index (χ4n) is 0.507. The molecule has 0 aromatic carbocycles. The van der Waals surface area contributed by atoms with Crippen LogP contribution in [0.5, 0.6) is 0 Å². The molecule has 1 heterocycles. The maximum absolute atomic E-state index is 3.92. The van der Waals surface area contributed by atoms with E-state index in [-0.39, 0.29) is 0 Å². The third-order valence-electron chi connectivity index (χ3n) is 0.841. The summed E-state index contributed by atoms with van der Waals surface area (Å²) in [4.78, 5) is 7.85. The van der Waals surface area contributed by atoms with E-state index < -0.39 is 0 Å². The first-order valence-electron chi connectivity index (χ1n) is 2.47. The lowest BCUT2D eigenvalue weighted by Crippen LogP contribution is -1.79. The SMILES string of the molecule is C=CC[C+]1N=CC=N1. The van der Waals surface area contributed by atoms with E-state index in [0.29, 0.717) is 0 Å². The highest BCUT2D eigenvalue weighted by Crippen LogP contribution is 2.10. The minimum Gasteiger partial charge on any atom is -0.101 e. The predicted octanol–water partition coefficient (Wildman–Crippen LogP) is 1.21. The molecule has 2 heteroatoms. The van der Waals surface area contributed by atoms with Crippen LogP contribution < -0.4 is 0 Å². The second-order valence-corrected chi connectivity index (χ2v) is 1.47. The van der Waals surface area contributed by atoms with Crippen LogP contribution >= 0.6 is 0 Å². The van der Waals surface area contributed by atoms with Crippen LogP contribution in [0.2, 0.25) is 0 Å². The van der Waals surface area contributed by atoms with Gasteiger partial charge < -0.3 is 0 Å². The van der Waals surface area contributed by atoms with Gasteiger partial charge in [-0.25, -0.2) is 0 Å². The molecule has 8 heavy (non-hydrogen) atoms. The van der Waals surface area contributed by atoms with Crippen LogP contribution in [0.25, 0.3) is 0 Å². The first kappa shape index (κ1) is 5.09. The van der Waals surface area contributed by atoms with Gasteiger partial charge in [-0.3, -0.25) is 0 Å². The van der Waals surface area contributed by atoms with Gasteiger partial charge in [0.2, 0.25) is 6.17 Å². The number of hydrogen-bond donors (Lipinski definition) is 0. The van der Waals surface area contributed by atoms with Gasteiger partial charge in [-0.15, -0.1) is 6.58 Å². The Hall–Kier alpha value is -1.05. The molecule has 0 radical (unpaired) electrons. The summed E-state index contributed by atoms with van der Waals surface area (Å²) in [5.41, 5.74) is 0. The standard InChI is InChI=1S/C6H7N2/c1-2-3-6-7-4-5-8-6/h2,4-5H,1,3H2/q+1.